The van der Waals surface area contributed by atoms with Crippen molar-refractivity contribution in [1.29, 1.82) is 0 Å². The van der Waals surface area contributed by atoms with Crippen molar-refractivity contribution < 1.29 is 14.7 Å². The standard InChI is InChI=1S/C7H11NO3/c1-4-2-5(4)7(11)8-3-6(9)10/h4-5H,2-3H2,1H3,(H,8,11)(H,9,10)/t4-,5-/m0/s1. The number of carboxylic acid groups (broad SMARTS) is 1. The van der Waals surface area contributed by atoms with Crippen molar-refractivity contribution in [1.82, 2.24) is 5.32 Å². The van der Waals surface area contributed by atoms with Gasteiger partial charge in [-0.15, -0.1) is 0 Å². The molecule has 1 saturated carbocycles. The number of aliphatic carboxylic acids is 1. The molecule has 0 saturated heterocycles. The summed E-state index contributed by atoms with van der Waals surface area (Å²) < 4.78 is 0. The highest BCUT2D eigenvalue weighted by Gasteiger charge is 2.38. The third kappa shape index (κ3) is 2.22. The molecule has 0 aromatic carbocycles. The van der Waals surface area contributed by atoms with Crippen molar-refractivity contribution in [3.63, 3.8) is 0 Å². The van der Waals surface area contributed by atoms with Crippen LogP contribution < -0.4 is 5.32 Å². The topological polar surface area (TPSA) is 66.4 Å². The molecule has 4 heteroatoms. The second kappa shape index (κ2) is 2.90. The first kappa shape index (κ1) is 8.04. The van der Waals surface area contributed by atoms with Gasteiger partial charge in [-0.2, -0.15) is 0 Å². The molecule has 0 aromatic rings. The molecule has 0 aromatic heterocycles. The summed E-state index contributed by atoms with van der Waals surface area (Å²) in [4.78, 5) is 21.0. The molecule has 0 radical (unpaired) electrons. The molecular weight excluding hydrogens is 146 g/mol. The minimum atomic E-state index is -0.994. The van der Waals surface area contributed by atoms with Crippen LogP contribution in [0.25, 0.3) is 0 Å². The fourth-order valence-corrected chi connectivity index (χ4v) is 0.981. The third-order valence-electron chi connectivity index (χ3n) is 1.86. The average Bonchev–Trinajstić information content (AvgIpc) is 2.61. The lowest BCUT2D eigenvalue weighted by Gasteiger charge is -1.98. The summed E-state index contributed by atoms with van der Waals surface area (Å²) in [5.74, 6) is -0.621. The van der Waals surface area contributed by atoms with Crippen LogP contribution in [-0.4, -0.2) is 23.5 Å². The summed E-state index contributed by atoms with van der Waals surface area (Å²) in [7, 11) is 0. The predicted octanol–water partition coefficient (Wildman–Crippen LogP) is -0.157. The van der Waals surface area contributed by atoms with Crippen LogP contribution in [0.2, 0.25) is 0 Å². The van der Waals surface area contributed by atoms with Gasteiger partial charge >= 0.3 is 5.97 Å². The summed E-state index contributed by atoms with van der Waals surface area (Å²) in [6.07, 6.45) is 0.894. The smallest absolute Gasteiger partial charge is 0.322 e. The van der Waals surface area contributed by atoms with Crippen molar-refractivity contribution >= 4 is 11.9 Å². The Bertz CT molecular complexity index is 190. The maximum atomic E-state index is 10.9. The molecule has 1 aliphatic carbocycles. The quantitative estimate of drug-likeness (QED) is 0.598. The molecule has 0 bridgehead atoms. The molecule has 0 aliphatic heterocycles. The normalized spacial score (nSPS) is 27.7. The van der Waals surface area contributed by atoms with Crippen molar-refractivity contribution in [3.8, 4) is 0 Å². The van der Waals surface area contributed by atoms with Gasteiger partial charge in [-0.1, -0.05) is 6.92 Å². The SMILES string of the molecule is C[C@H]1C[C@@H]1C(=O)NCC(=O)O. The van der Waals surface area contributed by atoms with Crippen LogP contribution in [-0.2, 0) is 9.59 Å². The van der Waals surface area contributed by atoms with Gasteiger partial charge < -0.3 is 10.4 Å². The van der Waals surface area contributed by atoms with Gasteiger partial charge in [0.2, 0.25) is 5.91 Å². The van der Waals surface area contributed by atoms with Gasteiger partial charge in [-0.3, -0.25) is 9.59 Å². The number of carbonyl (C=O) groups is 2. The molecule has 62 valence electrons. The number of hydrogen-bond donors (Lipinski definition) is 2. The van der Waals surface area contributed by atoms with Crippen LogP contribution in [0.15, 0.2) is 0 Å². The molecule has 1 rings (SSSR count). The van der Waals surface area contributed by atoms with Crippen LogP contribution in [0.1, 0.15) is 13.3 Å². The lowest BCUT2D eigenvalue weighted by atomic mass is 10.3. The van der Waals surface area contributed by atoms with E-state index in [-0.39, 0.29) is 18.4 Å². The summed E-state index contributed by atoms with van der Waals surface area (Å²) in [6, 6.07) is 0. The zero-order chi connectivity index (χ0) is 8.43. The zero-order valence-electron chi connectivity index (χ0n) is 6.33. The Labute approximate surface area is 64.6 Å². The van der Waals surface area contributed by atoms with Crippen LogP contribution in [0.4, 0.5) is 0 Å². The molecule has 2 N–H and O–H groups in total. The Morgan fingerprint density at radius 2 is 2.18 bits per heavy atom. The molecule has 1 aliphatic rings. The number of carbonyl (C=O) groups excluding carboxylic acids is 1. The van der Waals surface area contributed by atoms with E-state index in [1.807, 2.05) is 6.92 Å². The summed E-state index contributed by atoms with van der Waals surface area (Å²) in [5, 5.41) is 10.6. The van der Waals surface area contributed by atoms with Crippen molar-refractivity contribution in [2.45, 2.75) is 13.3 Å². The van der Waals surface area contributed by atoms with Crippen LogP contribution in [0.5, 0.6) is 0 Å². The van der Waals surface area contributed by atoms with Gasteiger partial charge in [0.15, 0.2) is 0 Å². The minimum Gasteiger partial charge on any atom is -0.480 e. The molecule has 0 spiro atoms. The van der Waals surface area contributed by atoms with E-state index in [0.29, 0.717) is 5.92 Å². The fraction of sp³-hybridized carbons (Fsp3) is 0.714. The van der Waals surface area contributed by atoms with E-state index < -0.39 is 5.97 Å². The molecule has 11 heavy (non-hydrogen) atoms. The van der Waals surface area contributed by atoms with E-state index in [2.05, 4.69) is 5.32 Å². The largest absolute Gasteiger partial charge is 0.480 e. The predicted molar refractivity (Wildman–Crippen MR) is 37.9 cm³/mol. The van der Waals surface area contributed by atoms with Crippen LogP contribution in [0.3, 0.4) is 0 Å². The number of hydrogen-bond acceptors (Lipinski definition) is 2. The fourth-order valence-electron chi connectivity index (χ4n) is 0.981. The second-order valence-electron chi connectivity index (χ2n) is 2.93. The molecule has 0 heterocycles. The van der Waals surface area contributed by atoms with E-state index in [9.17, 15) is 9.59 Å². The highest BCUT2D eigenvalue weighted by molar-refractivity contribution is 5.84. The Hall–Kier alpha value is -1.06. The number of carboxylic acids is 1. The first-order chi connectivity index (χ1) is 5.11. The Morgan fingerprint density at radius 1 is 1.64 bits per heavy atom. The van der Waals surface area contributed by atoms with E-state index in [4.69, 9.17) is 5.11 Å². The van der Waals surface area contributed by atoms with Gasteiger partial charge in [-0.25, -0.2) is 0 Å². The van der Waals surface area contributed by atoms with Crippen LogP contribution >= 0.6 is 0 Å². The van der Waals surface area contributed by atoms with Gasteiger partial charge in [-0.05, 0) is 12.3 Å². The first-order valence-corrected chi connectivity index (χ1v) is 3.60. The summed E-state index contributed by atoms with van der Waals surface area (Å²) in [5.41, 5.74) is 0. The summed E-state index contributed by atoms with van der Waals surface area (Å²) >= 11 is 0. The minimum absolute atomic E-state index is 0.0642. The molecule has 0 unspecified atom stereocenters. The number of amides is 1. The third-order valence-corrected chi connectivity index (χ3v) is 1.86. The highest BCUT2D eigenvalue weighted by atomic mass is 16.4. The average molecular weight is 157 g/mol. The van der Waals surface area contributed by atoms with Crippen LogP contribution in [0, 0.1) is 11.8 Å². The maximum Gasteiger partial charge on any atom is 0.322 e. The van der Waals surface area contributed by atoms with E-state index >= 15 is 0 Å². The molecule has 1 amide bonds. The van der Waals surface area contributed by atoms with E-state index in [1.54, 1.807) is 0 Å². The van der Waals surface area contributed by atoms with Gasteiger partial charge in [0.25, 0.3) is 0 Å². The molecule has 1 fully saturated rings. The van der Waals surface area contributed by atoms with E-state index in [1.165, 1.54) is 0 Å². The van der Waals surface area contributed by atoms with Gasteiger partial charge in [0.1, 0.15) is 6.54 Å². The Balaban J connectivity index is 2.17. The lowest BCUT2D eigenvalue weighted by molar-refractivity contribution is -0.138. The first-order valence-electron chi connectivity index (χ1n) is 3.60. The number of nitrogens with one attached hydrogen (secondary N) is 1. The van der Waals surface area contributed by atoms with Gasteiger partial charge in [0.05, 0.1) is 0 Å². The van der Waals surface area contributed by atoms with Gasteiger partial charge in [0, 0.05) is 5.92 Å². The Morgan fingerprint density at radius 3 is 2.55 bits per heavy atom. The Kier molecular flexibility index (Phi) is 2.12. The van der Waals surface area contributed by atoms with Crippen molar-refractivity contribution in [3.05, 3.63) is 0 Å². The molecule has 2 atom stereocenters. The lowest BCUT2D eigenvalue weighted by Crippen LogP contribution is -2.30. The van der Waals surface area contributed by atoms with Crippen molar-refractivity contribution in [2.75, 3.05) is 6.54 Å². The van der Waals surface area contributed by atoms with E-state index in [0.717, 1.165) is 6.42 Å². The molecular formula is C7H11NO3. The summed E-state index contributed by atoms with van der Waals surface area (Å²) in [6.45, 7) is 1.72. The van der Waals surface area contributed by atoms with Crippen molar-refractivity contribution in [2.24, 2.45) is 11.8 Å². The second-order valence-corrected chi connectivity index (χ2v) is 2.93. The maximum absolute atomic E-state index is 10.9. The monoisotopic (exact) mass is 157 g/mol. The highest BCUT2D eigenvalue weighted by Crippen LogP contribution is 2.37. The number of rotatable bonds is 3. The zero-order valence-corrected chi connectivity index (χ0v) is 6.33. The molecule has 4 nitrogen and oxygen atoms in total.